The van der Waals surface area contributed by atoms with Gasteiger partial charge in [0.25, 0.3) is 0 Å². The number of rotatable bonds is 37. The van der Waals surface area contributed by atoms with E-state index in [9.17, 15) is 19.0 Å². The Kier molecular flexibility index (Phi) is 35.2. The molecule has 49 heavy (non-hydrogen) atoms. The molecule has 0 aromatic rings. The first-order valence-electron chi connectivity index (χ1n) is 19.8. The van der Waals surface area contributed by atoms with Crippen LogP contribution in [-0.4, -0.2) is 49.3 Å². The Morgan fingerprint density at radius 2 is 1.06 bits per heavy atom. The van der Waals surface area contributed by atoms with Crippen LogP contribution in [0.25, 0.3) is 0 Å². The molecule has 2 unspecified atom stereocenters. The number of hydrogen-bond acceptors (Lipinski definition) is 8. The fourth-order valence-corrected chi connectivity index (χ4v) is 6.13. The van der Waals surface area contributed by atoms with Gasteiger partial charge in [-0.15, -0.1) is 0 Å². The number of esters is 2. The number of phosphoric ester groups is 1. The van der Waals surface area contributed by atoms with E-state index in [4.69, 9.17) is 24.3 Å². The maximum atomic E-state index is 12.5. The lowest BCUT2D eigenvalue weighted by Gasteiger charge is -2.19. The molecule has 0 aromatic heterocycles. The summed E-state index contributed by atoms with van der Waals surface area (Å²) in [5.41, 5.74) is 5.33. The van der Waals surface area contributed by atoms with Crippen LogP contribution in [0.4, 0.5) is 0 Å². The number of unbranched alkanes of at least 4 members (excludes halogenated alkanes) is 20. The minimum atomic E-state index is -4.37. The van der Waals surface area contributed by atoms with Gasteiger partial charge in [-0.05, 0) is 44.9 Å². The fraction of sp³-hybridized carbons (Fsp3) is 0.846. The van der Waals surface area contributed by atoms with E-state index >= 15 is 0 Å². The van der Waals surface area contributed by atoms with Crippen molar-refractivity contribution in [3.8, 4) is 0 Å². The summed E-state index contributed by atoms with van der Waals surface area (Å²) >= 11 is 0. The molecular formula is C39H74NO8P. The molecule has 2 atom stereocenters. The van der Waals surface area contributed by atoms with Gasteiger partial charge in [0.2, 0.25) is 0 Å². The molecule has 288 valence electrons. The van der Waals surface area contributed by atoms with Crippen LogP contribution in [0.5, 0.6) is 0 Å². The largest absolute Gasteiger partial charge is 0.472 e. The quantitative estimate of drug-likeness (QED) is 0.0279. The average molecular weight is 716 g/mol. The number of allylic oxidation sites excluding steroid dienone is 4. The minimum Gasteiger partial charge on any atom is -0.462 e. The maximum Gasteiger partial charge on any atom is 0.472 e. The summed E-state index contributed by atoms with van der Waals surface area (Å²) in [6.07, 6.45) is 36.3. The molecule has 10 heteroatoms. The molecule has 0 spiro atoms. The van der Waals surface area contributed by atoms with Crippen LogP contribution in [0.3, 0.4) is 0 Å². The average Bonchev–Trinajstić information content (AvgIpc) is 3.08. The van der Waals surface area contributed by atoms with Gasteiger partial charge in [-0.1, -0.05) is 147 Å². The number of ether oxygens (including phenoxy) is 2. The Bertz CT molecular complexity index is 866. The monoisotopic (exact) mass is 716 g/mol. The molecule has 0 aliphatic carbocycles. The summed E-state index contributed by atoms with van der Waals surface area (Å²) in [5.74, 6) is -0.841. The minimum absolute atomic E-state index is 0.0523. The van der Waals surface area contributed by atoms with Gasteiger partial charge >= 0.3 is 19.8 Å². The first-order chi connectivity index (χ1) is 23.8. The zero-order valence-electron chi connectivity index (χ0n) is 31.4. The summed E-state index contributed by atoms with van der Waals surface area (Å²) in [4.78, 5) is 34.7. The number of carbonyl (C=O) groups is 2. The van der Waals surface area contributed by atoms with Crippen LogP contribution in [0.1, 0.15) is 181 Å². The molecule has 0 aliphatic heterocycles. The highest BCUT2D eigenvalue weighted by atomic mass is 31.2. The predicted octanol–water partition coefficient (Wildman–Crippen LogP) is 10.8. The van der Waals surface area contributed by atoms with Gasteiger partial charge in [0.1, 0.15) is 6.61 Å². The van der Waals surface area contributed by atoms with Crippen LogP contribution >= 0.6 is 7.82 Å². The Morgan fingerprint density at radius 3 is 1.59 bits per heavy atom. The van der Waals surface area contributed by atoms with Crippen molar-refractivity contribution in [2.24, 2.45) is 5.73 Å². The highest BCUT2D eigenvalue weighted by Crippen LogP contribution is 2.43. The second-order valence-corrected chi connectivity index (χ2v) is 14.6. The van der Waals surface area contributed by atoms with Gasteiger partial charge in [-0.2, -0.15) is 0 Å². The third-order valence-electron chi connectivity index (χ3n) is 8.34. The first-order valence-corrected chi connectivity index (χ1v) is 21.3. The van der Waals surface area contributed by atoms with Crippen molar-refractivity contribution in [2.45, 2.75) is 187 Å². The van der Waals surface area contributed by atoms with E-state index in [0.29, 0.717) is 6.42 Å². The van der Waals surface area contributed by atoms with E-state index in [-0.39, 0.29) is 38.6 Å². The Balaban J connectivity index is 4.22. The molecule has 0 saturated carbocycles. The molecule has 9 nitrogen and oxygen atoms in total. The van der Waals surface area contributed by atoms with Gasteiger partial charge in [0.05, 0.1) is 13.2 Å². The van der Waals surface area contributed by atoms with E-state index < -0.39 is 26.5 Å². The standard InChI is InChI=1S/C39H74NO8P/c1-3-5-7-9-11-13-15-17-18-20-22-24-26-28-30-32-39(42)48-37(36-47-49(43,44)46-34-33-40)35-45-38(41)31-29-27-25-23-21-19-16-14-12-10-8-6-4-2/h11,13,17-18,37H,3-10,12,14-16,19-36,40H2,1-2H3,(H,43,44)/b13-11+,18-17+. The molecule has 0 rings (SSSR count). The third-order valence-corrected chi connectivity index (χ3v) is 9.32. The third kappa shape index (κ3) is 36.1. The zero-order valence-corrected chi connectivity index (χ0v) is 32.3. The van der Waals surface area contributed by atoms with Crippen molar-refractivity contribution in [3.05, 3.63) is 24.3 Å². The first kappa shape index (κ1) is 47.5. The van der Waals surface area contributed by atoms with Crippen molar-refractivity contribution in [2.75, 3.05) is 26.4 Å². The normalized spacial score (nSPS) is 13.6. The summed E-state index contributed by atoms with van der Waals surface area (Å²) in [5, 5.41) is 0. The fourth-order valence-electron chi connectivity index (χ4n) is 5.37. The highest BCUT2D eigenvalue weighted by Gasteiger charge is 2.25. The van der Waals surface area contributed by atoms with Gasteiger partial charge in [-0.3, -0.25) is 18.6 Å². The molecular weight excluding hydrogens is 641 g/mol. The van der Waals surface area contributed by atoms with Crippen molar-refractivity contribution < 1.29 is 37.6 Å². The van der Waals surface area contributed by atoms with E-state index in [1.807, 2.05) is 0 Å². The lowest BCUT2D eigenvalue weighted by atomic mass is 10.0. The topological polar surface area (TPSA) is 134 Å². The Hall–Kier alpha value is -1.51. The van der Waals surface area contributed by atoms with Crippen molar-refractivity contribution in [1.82, 2.24) is 0 Å². The van der Waals surface area contributed by atoms with Gasteiger partial charge < -0.3 is 20.1 Å². The second kappa shape index (κ2) is 36.3. The molecule has 0 amide bonds. The van der Waals surface area contributed by atoms with Crippen LogP contribution in [-0.2, 0) is 32.7 Å². The smallest absolute Gasteiger partial charge is 0.462 e. The summed E-state index contributed by atoms with van der Waals surface area (Å²) in [6, 6.07) is 0. The van der Waals surface area contributed by atoms with E-state index in [2.05, 4.69) is 38.2 Å². The predicted molar refractivity (Wildman–Crippen MR) is 201 cm³/mol. The molecule has 0 fully saturated rings. The molecule has 3 N–H and O–H groups in total. The number of hydrogen-bond donors (Lipinski definition) is 2. The highest BCUT2D eigenvalue weighted by molar-refractivity contribution is 7.47. The lowest BCUT2D eigenvalue weighted by Crippen LogP contribution is -2.29. The number of carbonyl (C=O) groups excluding carboxylic acids is 2. The molecule has 0 bridgehead atoms. The summed E-state index contributed by atoms with van der Waals surface area (Å²) in [6.45, 7) is 3.69. The lowest BCUT2D eigenvalue weighted by molar-refractivity contribution is -0.161. The van der Waals surface area contributed by atoms with Gasteiger partial charge in [0, 0.05) is 19.4 Å². The van der Waals surface area contributed by atoms with Crippen LogP contribution in [0, 0.1) is 0 Å². The Labute approximate surface area is 300 Å². The molecule has 0 aromatic carbocycles. The molecule has 0 saturated heterocycles. The SMILES string of the molecule is CCCCC/C=C/C/C=C/CCCCCCCC(=O)OC(COC(=O)CCCCCCCCCCCCCCC)COP(=O)(O)OCCN. The van der Waals surface area contributed by atoms with Crippen molar-refractivity contribution >= 4 is 19.8 Å². The summed E-state index contributed by atoms with van der Waals surface area (Å²) < 4.78 is 32.7. The summed E-state index contributed by atoms with van der Waals surface area (Å²) in [7, 11) is -4.37. The van der Waals surface area contributed by atoms with E-state index in [1.54, 1.807) is 0 Å². The van der Waals surface area contributed by atoms with Crippen LogP contribution < -0.4 is 5.73 Å². The van der Waals surface area contributed by atoms with E-state index in [1.165, 1.54) is 89.9 Å². The van der Waals surface area contributed by atoms with Gasteiger partial charge in [-0.25, -0.2) is 4.57 Å². The van der Waals surface area contributed by atoms with Crippen LogP contribution in [0.2, 0.25) is 0 Å². The Morgan fingerprint density at radius 1 is 0.612 bits per heavy atom. The van der Waals surface area contributed by atoms with E-state index in [0.717, 1.165) is 57.8 Å². The maximum absolute atomic E-state index is 12.5. The molecule has 0 aliphatic rings. The molecule has 0 radical (unpaired) electrons. The molecule has 0 heterocycles. The zero-order chi connectivity index (χ0) is 36.1. The number of phosphoric acid groups is 1. The van der Waals surface area contributed by atoms with Crippen molar-refractivity contribution in [3.63, 3.8) is 0 Å². The van der Waals surface area contributed by atoms with Crippen molar-refractivity contribution in [1.29, 1.82) is 0 Å². The van der Waals surface area contributed by atoms with Crippen LogP contribution in [0.15, 0.2) is 24.3 Å². The second-order valence-electron chi connectivity index (χ2n) is 13.2. The number of nitrogens with two attached hydrogens (primary N) is 1. The van der Waals surface area contributed by atoms with Gasteiger partial charge in [0.15, 0.2) is 6.10 Å².